The van der Waals surface area contributed by atoms with Crippen LogP contribution in [-0.2, 0) is 0 Å². The van der Waals surface area contributed by atoms with Crippen molar-refractivity contribution in [2.75, 3.05) is 45.8 Å². The van der Waals surface area contributed by atoms with E-state index in [-0.39, 0.29) is 37.2 Å². The van der Waals surface area contributed by atoms with Crippen molar-refractivity contribution in [2.45, 2.75) is 32.1 Å². The summed E-state index contributed by atoms with van der Waals surface area (Å²) < 4.78 is 0. The largest absolute Gasteiger partial charge is 0.329 e. The van der Waals surface area contributed by atoms with E-state index in [1.54, 1.807) is 0 Å². The van der Waals surface area contributed by atoms with Gasteiger partial charge in [0.1, 0.15) is 0 Å². The first kappa shape index (κ1) is 22.0. The summed E-state index contributed by atoms with van der Waals surface area (Å²) in [5.41, 5.74) is 5.59. The zero-order valence-corrected chi connectivity index (χ0v) is 14.2. The minimum atomic E-state index is 0. The van der Waals surface area contributed by atoms with E-state index in [0.717, 1.165) is 19.0 Å². The molecule has 0 aromatic carbocycles. The Hall–Kier alpha value is 0.750. The number of rotatable bonds is 4. The number of hydrogen-bond donors (Lipinski definition) is 1. The van der Waals surface area contributed by atoms with Crippen LogP contribution in [0, 0.1) is 5.92 Å². The van der Waals surface area contributed by atoms with Crippen LogP contribution in [0.2, 0.25) is 0 Å². The second-order valence-corrected chi connectivity index (χ2v) is 5.43. The summed E-state index contributed by atoms with van der Waals surface area (Å²) >= 11 is 0. The first-order valence-corrected chi connectivity index (χ1v) is 7.03. The molecule has 0 spiro atoms. The van der Waals surface area contributed by atoms with E-state index in [9.17, 15) is 0 Å². The second kappa shape index (κ2) is 12.5. The predicted molar refractivity (Wildman–Crippen MR) is 90.3 cm³/mol. The molecule has 2 aliphatic rings. The average Bonchev–Trinajstić information content (AvgIpc) is 2.33. The molecule has 0 bridgehead atoms. The van der Waals surface area contributed by atoms with Gasteiger partial charge in [-0.25, -0.2) is 0 Å². The highest BCUT2D eigenvalue weighted by molar-refractivity contribution is 5.86. The van der Waals surface area contributed by atoms with Gasteiger partial charge in [0.2, 0.25) is 0 Å². The minimum Gasteiger partial charge on any atom is -0.329 e. The molecule has 1 saturated heterocycles. The molecular weight excluding hydrogens is 305 g/mol. The van der Waals surface area contributed by atoms with Gasteiger partial charge in [0.25, 0.3) is 0 Å². The van der Waals surface area contributed by atoms with Gasteiger partial charge in [-0.3, -0.25) is 4.90 Å². The molecular formula is C13H30Cl3N3. The van der Waals surface area contributed by atoms with Crippen molar-refractivity contribution in [2.24, 2.45) is 11.7 Å². The van der Waals surface area contributed by atoms with Crippen molar-refractivity contribution in [1.82, 2.24) is 9.80 Å². The van der Waals surface area contributed by atoms with E-state index in [1.807, 2.05) is 0 Å². The number of nitrogens with zero attached hydrogens (tertiary/aromatic N) is 2. The van der Waals surface area contributed by atoms with Crippen LogP contribution in [0.1, 0.15) is 32.1 Å². The molecule has 2 fully saturated rings. The minimum absolute atomic E-state index is 0. The molecule has 0 unspecified atom stereocenters. The smallest absolute Gasteiger partial charge is 0.0110 e. The van der Waals surface area contributed by atoms with Gasteiger partial charge in [-0.15, -0.1) is 37.2 Å². The molecule has 1 saturated carbocycles. The van der Waals surface area contributed by atoms with Crippen molar-refractivity contribution >= 4 is 37.2 Å². The average molecular weight is 335 g/mol. The third-order valence-electron chi connectivity index (χ3n) is 4.15. The van der Waals surface area contributed by atoms with Crippen LogP contribution >= 0.6 is 37.2 Å². The number of piperazine rings is 1. The van der Waals surface area contributed by atoms with E-state index in [4.69, 9.17) is 5.73 Å². The Bertz CT molecular complexity index is 194. The van der Waals surface area contributed by atoms with Crippen LogP contribution in [0.5, 0.6) is 0 Å². The summed E-state index contributed by atoms with van der Waals surface area (Å²) in [6.45, 7) is 8.22. The van der Waals surface area contributed by atoms with Crippen molar-refractivity contribution in [3.63, 3.8) is 0 Å². The third kappa shape index (κ3) is 7.93. The van der Waals surface area contributed by atoms with Crippen molar-refractivity contribution in [1.29, 1.82) is 0 Å². The molecule has 118 valence electrons. The predicted octanol–water partition coefficient (Wildman–Crippen LogP) is 2.41. The molecule has 6 heteroatoms. The van der Waals surface area contributed by atoms with Crippen LogP contribution in [0.3, 0.4) is 0 Å². The normalized spacial score (nSPS) is 21.9. The number of halogens is 3. The van der Waals surface area contributed by atoms with Crippen LogP contribution in [0.15, 0.2) is 0 Å². The monoisotopic (exact) mass is 333 g/mol. The molecule has 1 aliphatic heterocycles. The Balaban J connectivity index is 0. The summed E-state index contributed by atoms with van der Waals surface area (Å²) in [6.07, 6.45) is 7.36. The van der Waals surface area contributed by atoms with Gasteiger partial charge in [-0.2, -0.15) is 0 Å². The lowest BCUT2D eigenvalue weighted by Crippen LogP contribution is -2.48. The Morgan fingerprint density at radius 2 is 1.32 bits per heavy atom. The summed E-state index contributed by atoms with van der Waals surface area (Å²) in [6, 6.07) is 0. The van der Waals surface area contributed by atoms with Crippen molar-refractivity contribution < 1.29 is 0 Å². The maximum absolute atomic E-state index is 5.59. The highest BCUT2D eigenvalue weighted by Gasteiger charge is 2.20. The lowest BCUT2D eigenvalue weighted by atomic mass is 9.89. The molecule has 0 radical (unpaired) electrons. The third-order valence-corrected chi connectivity index (χ3v) is 4.15. The van der Waals surface area contributed by atoms with Crippen LogP contribution < -0.4 is 5.73 Å². The van der Waals surface area contributed by atoms with Gasteiger partial charge in [0.05, 0.1) is 0 Å². The van der Waals surface area contributed by atoms with Gasteiger partial charge in [-0.05, 0) is 18.8 Å². The fourth-order valence-corrected chi connectivity index (χ4v) is 3.11. The van der Waals surface area contributed by atoms with Crippen LogP contribution in [0.4, 0.5) is 0 Å². The SMILES string of the molecule is Cl.Cl.Cl.NCCN1CCN(CC2CCCCC2)CC1. The van der Waals surface area contributed by atoms with Gasteiger partial charge in [0.15, 0.2) is 0 Å². The number of hydrogen-bond acceptors (Lipinski definition) is 3. The maximum atomic E-state index is 5.59. The molecule has 19 heavy (non-hydrogen) atoms. The van der Waals surface area contributed by atoms with E-state index in [1.165, 1.54) is 64.8 Å². The Morgan fingerprint density at radius 3 is 1.84 bits per heavy atom. The fourth-order valence-electron chi connectivity index (χ4n) is 3.11. The summed E-state index contributed by atoms with van der Waals surface area (Å²) in [4.78, 5) is 5.17. The van der Waals surface area contributed by atoms with Gasteiger partial charge >= 0.3 is 0 Å². The van der Waals surface area contributed by atoms with E-state index in [0.29, 0.717) is 0 Å². The zero-order chi connectivity index (χ0) is 11.2. The van der Waals surface area contributed by atoms with Gasteiger partial charge in [-0.1, -0.05) is 19.3 Å². The Labute approximate surface area is 136 Å². The molecule has 0 amide bonds. The lowest BCUT2D eigenvalue weighted by Gasteiger charge is -2.37. The summed E-state index contributed by atoms with van der Waals surface area (Å²) in [5, 5.41) is 0. The highest BCUT2D eigenvalue weighted by Crippen LogP contribution is 2.24. The quantitative estimate of drug-likeness (QED) is 0.857. The lowest BCUT2D eigenvalue weighted by molar-refractivity contribution is 0.112. The number of nitrogens with two attached hydrogens (primary N) is 1. The van der Waals surface area contributed by atoms with E-state index >= 15 is 0 Å². The van der Waals surface area contributed by atoms with Gasteiger partial charge in [0, 0.05) is 45.8 Å². The molecule has 0 aromatic rings. The van der Waals surface area contributed by atoms with E-state index in [2.05, 4.69) is 9.80 Å². The highest BCUT2D eigenvalue weighted by atomic mass is 35.5. The summed E-state index contributed by atoms with van der Waals surface area (Å²) in [7, 11) is 0. The van der Waals surface area contributed by atoms with Crippen LogP contribution in [-0.4, -0.2) is 55.6 Å². The second-order valence-electron chi connectivity index (χ2n) is 5.43. The molecule has 1 heterocycles. The van der Waals surface area contributed by atoms with Crippen LogP contribution in [0.25, 0.3) is 0 Å². The molecule has 2 rings (SSSR count). The summed E-state index contributed by atoms with van der Waals surface area (Å²) in [5.74, 6) is 0.995. The Kier molecular flexibility index (Phi) is 14.5. The molecule has 1 aliphatic carbocycles. The van der Waals surface area contributed by atoms with E-state index < -0.39 is 0 Å². The van der Waals surface area contributed by atoms with Crippen molar-refractivity contribution in [3.8, 4) is 0 Å². The van der Waals surface area contributed by atoms with Crippen molar-refractivity contribution in [3.05, 3.63) is 0 Å². The fraction of sp³-hybridized carbons (Fsp3) is 1.00. The first-order valence-electron chi connectivity index (χ1n) is 7.03. The Morgan fingerprint density at radius 1 is 0.789 bits per heavy atom. The molecule has 0 aromatic heterocycles. The zero-order valence-electron chi connectivity index (χ0n) is 11.8. The molecule has 2 N–H and O–H groups in total. The van der Waals surface area contributed by atoms with Gasteiger partial charge < -0.3 is 10.6 Å². The maximum Gasteiger partial charge on any atom is 0.0110 e. The molecule has 3 nitrogen and oxygen atoms in total. The first-order chi connectivity index (χ1) is 7.88. The molecule has 0 atom stereocenters. The standard InChI is InChI=1S/C13H27N3.3ClH/c14-6-7-15-8-10-16(11-9-15)12-13-4-2-1-3-5-13;;;/h13H,1-12,14H2;3*1H. The topological polar surface area (TPSA) is 32.5 Å².